The van der Waals surface area contributed by atoms with E-state index in [4.69, 9.17) is 16.7 Å². The molecule has 1 saturated heterocycles. The van der Waals surface area contributed by atoms with Gasteiger partial charge in [0.15, 0.2) is 23.2 Å². The van der Waals surface area contributed by atoms with Crippen LogP contribution in [0.5, 0.6) is 0 Å². The van der Waals surface area contributed by atoms with E-state index in [0.717, 1.165) is 48.1 Å². The van der Waals surface area contributed by atoms with E-state index in [1.807, 2.05) is 19.1 Å². The number of Topliss-reactive ketones (excluding diaryl/α,β-unsaturated/α-hetero) is 1. The van der Waals surface area contributed by atoms with E-state index in [-0.39, 0.29) is 64.6 Å². The monoisotopic (exact) mass is 811 g/mol. The molecule has 0 radical (unpaired) electrons. The Morgan fingerprint density at radius 3 is 2.41 bits per heavy atom. The van der Waals surface area contributed by atoms with Crippen molar-refractivity contribution in [2.45, 2.75) is 84.3 Å². The summed E-state index contributed by atoms with van der Waals surface area (Å²) in [7, 11) is 0. The van der Waals surface area contributed by atoms with E-state index in [0.29, 0.717) is 36.0 Å². The summed E-state index contributed by atoms with van der Waals surface area (Å²) in [6.07, 6.45) is 7.76. The molecule has 2 bridgehead atoms. The first-order valence-electron chi connectivity index (χ1n) is 19.4. The number of carbonyl (C=O) groups is 4. The Labute approximate surface area is 337 Å². The number of hydrogen-bond donors (Lipinski definition) is 2. The maximum Gasteiger partial charge on any atom is 0.247 e. The largest absolute Gasteiger partial charge is 0.355 e. The lowest BCUT2D eigenvalue weighted by Gasteiger charge is -2.28. The molecule has 58 heavy (non-hydrogen) atoms. The van der Waals surface area contributed by atoms with Gasteiger partial charge in [-0.05, 0) is 80.0 Å². The van der Waals surface area contributed by atoms with E-state index in [1.54, 1.807) is 24.0 Å². The Hall–Kier alpha value is -5.63. The molecular formula is C43H41ClF3N7O4. The van der Waals surface area contributed by atoms with Crippen LogP contribution in [0.25, 0.3) is 33.2 Å². The second-order valence-corrected chi connectivity index (χ2v) is 16.1. The first kappa shape index (κ1) is 39.2. The molecule has 300 valence electrons. The van der Waals surface area contributed by atoms with Gasteiger partial charge in [0, 0.05) is 65.8 Å². The Morgan fingerprint density at radius 1 is 0.948 bits per heavy atom. The number of nitrogens with one attached hydrogen (secondary N) is 2. The standard InChI is InChI=1S/C43H41ClF3N7O4/c1-22-41-43(22)17-35(42(58)51-34-11-8-10-28(38(34)47)29-15-32(45)33(46)16-31(29)44)54(41)37(57)20-53-40-25(9-6-4-5-7-12-36(56)50-21-43)13-26(27-18-48-24(3)49-19-27)14-30(40)39(52-53)23(2)55/h8,10-11,13-16,18-19,22,35,41H,4-7,9,12,17,20-21H2,1-3H3,(H,50,56)(H,51,58)/t22?,35-,41?,43+/m0/s1. The van der Waals surface area contributed by atoms with Crippen molar-refractivity contribution in [2.75, 3.05) is 11.9 Å². The average molecular weight is 812 g/mol. The van der Waals surface area contributed by atoms with Crippen molar-refractivity contribution >= 4 is 51.7 Å². The average Bonchev–Trinajstić information content (AvgIpc) is 3.44. The smallest absolute Gasteiger partial charge is 0.247 e. The third kappa shape index (κ3) is 7.01. The van der Waals surface area contributed by atoms with Crippen LogP contribution in [0.2, 0.25) is 5.02 Å². The van der Waals surface area contributed by atoms with Gasteiger partial charge in [-0.1, -0.05) is 43.5 Å². The number of nitrogens with zero attached hydrogens (tertiary/aromatic N) is 5. The molecule has 5 aromatic rings. The Balaban J connectivity index is 1.18. The minimum atomic E-state index is -1.22. The molecule has 4 atom stereocenters. The van der Waals surface area contributed by atoms with Gasteiger partial charge in [-0.25, -0.2) is 23.1 Å². The van der Waals surface area contributed by atoms with Crippen LogP contribution in [0, 0.1) is 35.7 Å². The van der Waals surface area contributed by atoms with Crippen LogP contribution >= 0.6 is 11.6 Å². The molecule has 2 aliphatic heterocycles. The molecule has 1 saturated carbocycles. The van der Waals surface area contributed by atoms with Gasteiger partial charge < -0.3 is 15.5 Å². The van der Waals surface area contributed by atoms with Gasteiger partial charge in [-0.2, -0.15) is 5.10 Å². The van der Waals surface area contributed by atoms with Gasteiger partial charge in [0.05, 0.1) is 16.2 Å². The van der Waals surface area contributed by atoms with Gasteiger partial charge >= 0.3 is 0 Å². The summed E-state index contributed by atoms with van der Waals surface area (Å²) >= 11 is 6.17. The van der Waals surface area contributed by atoms with Crippen LogP contribution in [-0.2, 0) is 27.3 Å². The number of amides is 3. The zero-order chi connectivity index (χ0) is 41.0. The molecule has 3 aliphatic rings. The van der Waals surface area contributed by atoms with Gasteiger partial charge in [0.25, 0.3) is 0 Å². The van der Waals surface area contributed by atoms with E-state index in [9.17, 15) is 28.0 Å². The fourth-order valence-corrected chi connectivity index (χ4v) is 9.26. The van der Waals surface area contributed by atoms with Crippen molar-refractivity contribution in [1.82, 2.24) is 30.0 Å². The third-order valence-corrected chi connectivity index (χ3v) is 12.4. The molecule has 2 N–H and O–H groups in total. The van der Waals surface area contributed by atoms with Crippen molar-refractivity contribution in [2.24, 2.45) is 11.3 Å². The molecule has 2 unspecified atom stereocenters. The minimum absolute atomic E-state index is 0.0766. The number of anilines is 1. The summed E-state index contributed by atoms with van der Waals surface area (Å²) < 4.78 is 45.7. The second kappa shape index (κ2) is 15.3. The van der Waals surface area contributed by atoms with Crippen molar-refractivity contribution in [3.63, 3.8) is 0 Å². The maximum absolute atomic E-state index is 16.1. The van der Waals surface area contributed by atoms with Gasteiger partial charge in [0.2, 0.25) is 17.7 Å². The fraction of sp³-hybridized carbons (Fsp3) is 0.372. The molecule has 11 nitrogen and oxygen atoms in total. The number of ketones is 1. The molecule has 3 aromatic carbocycles. The topological polar surface area (TPSA) is 139 Å². The Morgan fingerprint density at radius 2 is 1.67 bits per heavy atom. The maximum atomic E-state index is 16.1. The zero-order valence-electron chi connectivity index (χ0n) is 32.2. The Bertz CT molecular complexity index is 2510. The van der Waals surface area contributed by atoms with E-state index >= 15 is 4.39 Å². The van der Waals surface area contributed by atoms with Crippen LogP contribution < -0.4 is 10.6 Å². The van der Waals surface area contributed by atoms with E-state index in [2.05, 4.69) is 20.6 Å². The predicted molar refractivity (Wildman–Crippen MR) is 211 cm³/mol. The number of aryl methyl sites for hydroxylation is 2. The van der Waals surface area contributed by atoms with Crippen LogP contribution in [0.3, 0.4) is 0 Å². The predicted octanol–water partition coefficient (Wildman–Crippen LogP) is 7.61. The van der Waals surface area contributed by atoms with Crippen LogP contribution in [-0.4, -0.2) is 66.8 Å². The van der Waals surface area contributed by atoms with Crippen molar-refractivity contribution in [3.8, 4) is 22.3 Å². The van der Waals surface area contributed by atoms with E-state index in [1.165, 1.54) is 30.0 Å². The van der Waals surface area contributed by atoms with Crippen LogP contribution in [0.4, 0.5) is 18.9 Å². The summed E-state index contributed by atoms with van der Waals surface area (Å²) in [5.74, 6) is -4.28. The normalized spacial score (nSPS) is 22.3. The molecule has 0 spiro atoms. The quantitative estimate of drug-likeness (QED) is 0.138. The van der Waals surface area contributed by atoms with Gasteiger partial charge in [-0.15, -0.1) is 0 Å². The van der Waals surface area contributed by atoms with E-state index < -0.39 is 46.8 Å². The Kier molecular flexibility index (Phi) is 10.3. The highest BCUT2D eigenvalue weighted by Gasteiger charge is 2.72. The molecule has 3 amide bonds. The summed E-state index contributed by atoms with van der Waals surface area (Å²) in [6, 6.07) is 8.03. The fourth-order valence-electron chi connectivity index (χ4n) is 9.01. The van der Waals surface area contributed by atoms with Crippen molar-refractivity contribution < 1.29 is 32.3 Å². The molecule has 1 aliphatic carbocycles. The number of aromatic nitrogens is 4. The molecule has 2 aromatic heterocycles. The first-order valence-corrected chi connectivity index (χ1v) is 19.8. The molecule has 15 heteroatoms. The molecule has 4 heterocycles. The highest BCUT2D eigenvalue weighted by Crippen LogP contribution is 2.64. The first-order chi connectivity index (χ1) is 27.8. The number of rotatable bonds is 5. The molecule has 2 fully saturated rings. The van der Waals surface area contributed by atoms with Crippen molar-refractivity contribution in [3.05, 3.63) is 94.4 Å². The van der Waals surface area contributed by atoms with Crippen LogP contribution in [0.1, 0.15) is 74.2 Å². The third-order valence-electron chi connectivity index (χ3n) is 12.1. The lowest BCUT2D eigenvalue weighted by atomic mass is 9.95. The number of halogens is 4. The second-order valence-electron chi connectivity index (χ2n) is 15.7. The summed E-state index contributed by atoms with van der Waals surface area (Å²) in [5, 5.41) is 10.8. The minimum Gasteiger partial charge on any atom is -0.355 e. The van der Waals surface area contributed by atoms with Crippen molar-refractivity contribution in [1.29, 1.82) is 0 Å². The SMILES string of the molecule is CC(=O)c1nn2c3c(cc(-c4cnc(C)nc4)cc13)CCCCCCC(=O)NC[C@@]13C[C@@H](C(=O)Nc4cccc(-c5cc(F)c(F)cc5Cl)c4F)N(C(=O)C2)C1C3C. The lowest BCUT2D eigenvalue weighted by molar-refractivity contribution is -0.139. The summed E-state index contributed by atoms with van der Waals surface area (Å²) in [6.45, 7) is 5.16. The number of piperidine rings is 1. The summed E-state index contributed by atoms with van der Waals surface area (Å²) in [4.78, 5) is 65.4. The number of hydrogen-bond acceptors (Lipinski definition) is 7. The van der Waals surface area contributed by atoms with Crippen LogP contribution in [0.15, 0.2) is 54.9 Å². The molecular weight excluding hydrogens is 771 g/mol. The molecule has 8 rings (SSSR count). The lowest BCUT2D eigenvalue weighted by Crippen LogP contribution is -2.47. The highest BCUT2D eigenvalue weighted by atomic mass is 35.5. The summed E-state index contributed by atoms with van der Waals surface area (Å²) in [5.41, 5.74) is 2.16. The zero-order valence-corrected chi connectivity index (χ0v) is 32.9. The van der Waals surface area contributed by atoms with Gasteiger partial charge in [0.1, 0.15) is 24.1 Å². The number of carbonyl (C=O) groups excluding carboxylic acids is 4. The van der Waals surface area contributed by atoms with Gasteiger partial charge in [-0.3, -0.25) is 23.9 Å². The highest BCUT2D eigenvalue weighted by molar-refractivity contribution is 6.33. The number of benzene rings is 3.